The third-order valence-electron chi connectivity index (χ3n) is 3.20. The zero-order valence-corrected chi connectivity index (χ0v) is 13.7. The summed E-state index contributed by atoms with van der Waals surface area (Å²) < 4.78 is 2.14. The maximum Gasteiger partial charge on any atom is 0.191 e. The molecular formula is C15H23N5S. The van der Waals surface area contributed by atoms with Crippen molar-refractivity contribution < 1.29 is 0 Å². The van der Waals surface area contributed by atoms with E-state index in [1.54, 1.807) is 18.4 Å². The third kappa shape index (κ3) is 4.90. The lowest BCUT2D eigenvalue weighted by Gasteiger charge is -2.12. The van der Waals surface area contributed by atoms with Crippen molar-refractivity contribution in [2.75, 3.05) is 20.1 Å². The van der Waals surface area contributed by atoms with Crippen molar-refractivity contribution in [3.8, 4) is 0 Å². The average Bonchev–Trinajstić information content (AvgIpc) is 3.07. The van der Waals surface area contributed by atoms with Crippen LogP contribution in [0.1, 0.15) is 15.6 Å². The van der Waals surface area contributed by atoms with Crippen molar-refractivity contribution in [2.24, 2.45) is 4.99 Å². The van der Waals surface area contributed by atoms with Gasteiger partial charge in [-0.3, -0.25) is 4.99 Å². The van der Waals surface area contributed by atoms with Crippen molar-refractivity contribution in [2.45, 2.75) is 26.8 Å². The highest BCUT2D eigenvalue weighted by Gasteiger charge is 2.04. The fraction of sp³-hybridized carbons (Fsp3) is 0.467. The predicted molar refractivity (Wildman–Crippen MR) is 89.1 cm³/mol. The highest BCUT2D eigenvalue weighted by Crippen LogP contribution is 2.16. The van der Waals surface area contributed by atoms with E-state index in [1.165, 1.54) is 4.88 Å². The van der Waals surface area contributed by atoms with Crippen LogP contribution in [0.3, 0.4) is 0 Å². The van der Waals surface area contributed by atoms with Gasteiger partial charge in [-0.15, -0.1) is 11.3 Å². The van der Waals surface area contributed by atoms with Crippen LogP contribution in [-0.2, 0) is 13.0 Å². The van der Waals surface area contributed by atoms with Gasteiger partial charge in [-0.2, -0.15) is 0 Å². The van der Waals surface area contributed by atoms with Gasteiger partial charge in [0.25, 0.3) is 0 Å². The summed E-state index contributed by atoms with van der Waals surface area (Å²) in [7, 11) is 1.80. The Morgan fingerprint density at radius 3 is 2.57 bits per heavy atom. The quantitative estimate of drug-likeness (QED) is 0.634. The van der Waals surface area contributed by atoms with Crippen molar-refractivity contribution in [3.05, 3.63) is 40.1 Å². The molecule has 2 N–H and O–H groups in total. The number of rotatable bonds is 6. The summed E-state index contributed by atoms with van der Waals surface area (Å²) in [6.07, 6.45) is 5.11. The van der Waals surface area contributed by atoms with E-state index in [4.69, 9.17) is 0 Å². The first-order valence-corrected chi connectivity index (χ1v) is 7.99. The highest BCUT2D eigenvalue weighted by molar-refractivity contribution is 7.11. The van der Waals surface area contributed by atoms with Gasteiger partial charge in [0.05, 0.1) is 10.7 Å². The molecule has 21 heavy (non-hydrogen) atoms. The van der Waals surface area contributed by atoms with Crippen LogP contribution in [0.25, 0.3) is 0 Å². The number of guanidine groups is 1. The van der Waals surface area contributed by atoms with Crippen molar-refractivity contribution in [3.63, 3.8) is 0 Å². The van der Waals surface area contributed by atoms with Crippen LogP contribution in [0.5, 0.6) is 0 Å². The number of hydrogen-bond acceptors (Lipinski definition) is 3. The Morgan fingerprint density at radius 1 is 1.24 bits per heavy atom. The molecule has 0 spiro atoms. The molecule has 2 aromatic heterocycles. The Hall–Kier alpha value is -1.82. The Bertz CT molecular complexity index is 571. The van der Waals surface area contributed by atoms with Crippen LogP contribution >= 0.6 is 11.3 Å². The zero-order valence-electron chi connectivity index (χ0n) is 12.9. The fourth-order valence-corrected chi connectivity index (χ4v) is 3.08. The van der Waals surface area contributed by atoms with E-state index < -0.39 is 0 Å². The van der Waals surface area contributed by atoms with E-state index in [0.717, 1.165) is 42.7 Å². The number of nitrogens with zero attached hydrogens (tertiary/aromatic N) is 3. The first-order valence-electron chi connectivity index (χ1n) is 7.17. The molecule has 0 atom stereocenters. The molecule has 0 unspecified atom stereocenters. The fourth-order valence-electron chi connectivity index (χ4n) is 2.14. The van der Waals surface area contributed by atoms with Crippen LogP contribution in [0, 0.1) is 13.8 Å². The third-order valence-corrected chi connectivity index (χ3v) is 4.33. The zero-order chi connectivity index (χ0) is 15.1. The van der Waals surface area contributed by atoms with E-state index in [-0.39, 0.29) is 0 Å². The van der Waals surface area contributed by atoms with Crippen LogP contribution in [0.2, 0.25) is 0 Å². The molecular weight excluding hydrogens is 282 g/mol. The van der Waals surface area contributed by atoms with Gasteiger partial charge in [-0.05, 0) is 26.0 Å². The number of aromatic nitrogens is 2. The molecule has 0 bridgehead atoms. The number of aryl methyl sites for hydroxylation is 2. The van der Waals surface area contributed by atoms with Gasteiger partial charge >= 0.3 is 0 Å². The summed E-state index contributed by atoms with van der Waals surface area (Å²) >= 11 is 1.78. The number of hydrogen-bond donors (Lipinski definition) is 2. The largest absolute Gasteiger partial charge is 0.356 e. The predicted octanol–water partition coefficient (Wildman–Crippen LogP) is 1.97. The van der Waals surface area contributed by atoms with E-state index in [2.05, 4.69) is 51.4 Å². The topological polar surface area (TPSA) is 54.2 Å². The lowest BCUT2D eigenvalue weighted by Crippen LogP contribution is -2.39. The lowest BCUT2D eigenvalue weighted by molar-refractivity contribution is 0.665. The summed E-state index contributed by atoms with van der Waals surface area (Å²) in [6, 6.07) is 4.07. The highest BCUT2D eigenvalue weighted by atomic mass is 32.1. The molecule has 0 saturated carbocycles. The van der Waals surface area contributed by atoms with E-state index in [1.807, 2.05) is 12.1 Å². The summed E-state index contributed by atoms with van der Waals surface area (Å²) in [5.41, 5.74) is 1.15. The standard InChI is InChI=1S/C15H23N5S/c1-12-14(21-13(2)19-12)6-7-17-15(16-3)18-8-11-20-9-4-5-10-20/h4-5,9-10H,6-8,11H2,1-3H3,(H2,16,17,18). The molecule has 114 valence electrons. The van der Waals surface area contributed by atoms with Gasteiger partial charge in [0.2, 0.25) is 0 Å². The summed E-state index contributed by atoms with van der Waals surface area (Å²) in [4.78, 5) is 10.0. The molecule has 0 aliphatic rings. The normalized spacial score (nSPS) is 11.7. The molecule has 0 fully saturated rings. The molecule has 5 nitrogen and oxygen atoms in total. The van der Waals surface area contributed by atoms with Crippen molar-refractivity contribution in [1.29, 1.82) is 0 Å². The average molecular weight is 305 g/mol. The minimum absolute atomic E-state index is 0.848. The molecule has 0 amide bonds. The minimum atomic E-state index is 0.848. The Labute approximate surface area is 130 Å². The summed E-state index contributed by atoms with van der Waals surface area (Å²) in [6.45, 7) is 6.78. The SMILES string of the molecule is CN=C(NCCc1sc(C)nc1C)NCCn1cccc1. The minimum Gasteiger partial charge on any atom is -0.356 e. The number of thiazole rings is 1. The van der Waals surface area contributed by atoms with E-state index in [0.29, 0.717) is 0 Å². The molecule has 2 aromatic rings. The molecule has 2 rings (SSSR count). The molecule has 0 aliphatic carbocycles. The molecule has 0 aliphatic heterocycles. The van der Waals surface area contributed by atoms with Gasteiger partial charge in [-0.25, -0.2) is 4.98 Å². The van der Waals surface area contributed by atoms with Gasteiger partial charge in [0.1, 0.15) is 0 Å². The van der Waals surface area contributed by atoms with Crippen molar-refractivity contribution >= 4 is 17.3 Å². The van der Waals surface area contributed by atoms with Crippen molar-refractivity contribution in [1.82, 2.24) is 20.2 Å². The van der Waals surface area contributed by atoms with Gasteiger partial charge in [0, 0.05) is 50.4 Å². The van der Waals surface area contributed by atoms with Crippen LogP contribution in [0.4, 0.5) is 0 Å². The summed E-state index contributed by atoms with van der Waals surface area (Å²) in [5.74, 6) is 0.848. The van der Waals surface area contributed by atoms with Crippen LogP contribution in [-0.4, -0.2) is 35.6 Å². The maximum absolute atomic E-state index is 4.45. The Morgan fingerprint density at radius 2 is 1.95 bits per heavy atom. The second-order valence-corrected chi connectivity index (χ2v) is 6.13. The Balaban J connectivity index is 1.69. The van der Waals surface area contributed by atoms with E-state index in [9.17, 15) is 0 Å². The Kier molecular flexibility index (Phi) is 5.80. The first-order chi connectivity index (χ1) is 10.2. The van der Waals surface area contributed by atoms with Crippen LogP contribution in [0.15, 0.2) is 29.5 Å². The lowest BCUT2D eigenvalue weighted by atomic mass is 10.3. The smallest absolute Gasteiger partial charge is 0.191 e. The second-order valence-electron chi connectivity index (χ2n) is 4.84. The summed E-state index contributed by atoms with van der Waals surface area (Å²) in [5, 5.41) is 7.80. The van der Waals surface area contributed by atoms with Gasteiger partial charge in [0.15, 0.2) is 5.96 Å². The molecule has 0 saturated heterocycles. The maximum atomic E-state index is 4.45. The number of aliphatic imine (C=N–C) groups is 1. The molecule has 2 heterocycles. The second kappa shape index (κ2) is 7.83. The first kappa shape index (κ1) is 15.6. The monoisotopic (exact) mass is 305 g/mol. The molecule has 0 radical (unpaired) electrons. The molecule has 0 aromatic carbocycles. The van der Waals surface area contributed by atoms with Gasteiger partial charge in [-0.1, -0.05) is 0 Å². The molecule has 6 heteroatoms. The van der Waals surface area contributed by atoms with Gasteiger partial charge < -0.3 is 15.2 Å². The van der Waals surface area contributed by atoms with E-state index >= 15 is 0 Å². The number of nitrogens with one attached hydrogen (secondary N) is 2. The van der Waals surface area contributed by atoms with Crippen LogP contribution < -0.4 is 10.6 Å².